The van der Waals surface area contributed by atoms with Crippen molar-refractivity contribution in [2.75, 3.05) is 12.4 Å². The van der Waals surface area contributed by atoms with Gasteiger partial charge in [0.2, 0.25) is 0 Å². The Morgan fingerprint density at radius 1 is 1.36 bits per heavy atom. The number of nitrogens with zero attached hydrogens (tertiary/aromatic N) is 1. The van der Waals surface area contributed by atoms with Gasteiger partial charge < -0.3 is 10.1 Å². The number of anilines is 1. The van der Waals surface area contributed by atoms with Gasteiger partial charge in [-0.25, -0.2) is 4.98 Å². The number of ether oxygens (including phenoxy) is 1. The largest absolute Gasteiger partial charge is 0.380 e. The fraction of sp³-hybridized carbons (Fsp3) is 0.200. The predicted molar refractivity (Wildman–Crippen MR) is 81.2 cm³/mol. The Morgan fingerprint density at radius 2 is 2.18 bits per heavy atom. The molecular formula is C15H14F2N2O2S. The maximum Gasteiger partial charge on any atom is 0.290 e. The van der Waals surface area contributed by atoms with Crippen molar-refractivity contribution in [1.29, 1.82) is 0 Å². The van der Waals surface area contributed by atoms with Gasteiger partial charge in [0.1, 0.15) is 5.03 Å². The summed E-state index contributed by atoms with van der Waals surface area (Å²) >= 11 is 0.250. The van der Waals surface area contributed by atoms with Gasteiger partial charge in [0.05, 0.1) is 12.2 Å². The number of amides is 1. The molecule has 1 amide bonds. The Labute approximate surface area is 130 Å². The van der Waals surface area contributed by atoms with Crippen LogP contribution >= 0.6 is 11.8 Å². The fourth-order valence-electron chi connectivity index (χ4n) is 1.85. The Bertz CT molecular complexity index is 653. The first-order chi connectivity index (χ1) is 10.6. The lowest BCUT2D eigenvalue weighted by atomic mass is 10.2. The van der Waals surface area contributed by atoms with Gasteiger partial charge in [0.15, 0.2) is 0 Å². The van der Waals surface area contributed by atoms with Gasteiger partial charge in [-0.15, -0.1) is 0 Å². The molecule has 22 heavy (non-hydrogen) atoms. The third-order valence-corrected chi connectivity index (χ3v) is 3.44. The summed E-state index contributed by atoms with van der Waals surface area (Å²) in [5, 5.41) is 2.68. The van der Waals surface area contributed by atoms with E-state index in [2.05, 4.69) is 10.3 Å². The number of pyridine rings is 1. The predicted octanol–water partition coefficient (Wildman–Crippen LogP) is 3.80. The number of hydrogen-bond donors (Lipinski definition) is 1. The van der Waals surface area contributed by atoms with Crippen molar-refractivity contribution >= 4 is 23.4 Å². The van der Waals surface area contributed by atoms with Crippen LogP contribution < -0.4 is 5.32 Å². The van der Waals surface area contributed by atoms with E-state index >= 15 is 0 Å². The molecular weight excluding hydrogens is 310 g/mol. The van der Waals surface area contributed by atoms with Crippen molar-refractivity contribution in [1.82, 2.24) is 4.98 Å². The van der Waals surface area contributed by atoms with Crippen molar-refractivity contribution in [3.05, 3.63) is 53.7 Å². The first-order valence-corrected chi connectivity index (χ1v) is 7.27. The average molecular weight is 324 g/mol. The highest BCUT2D eigenvalue weighted by Gasteiger charge is 2.16. The summed E-state index contributed by atoms with van der Waals surface area (Å²) in [6.07, 6.45) is 1.38. The van der Waals surface area contributed by atoms with Gasteiger partial charge in [0, 0.05) is 19.0 Å². The van der Waals surface area contributed by atoms with Gasteiger partial charge in [-0.2, -0.15) is 8.78 Å². The Kier molecular flexibility index (Phi) is 5.85. The molecule has 4 nitrogen and oxygen atoms in total. The van der Waals surface area contributed by atoms with Gasteiger partial charge >= 0.3 is 0 Å². The van der Waals surface area contributed by atoms with Crippen molar-refractivity contribution < 1.29 is 18.3 Å². The molecule has 0 radical (unpaired) electrons. The van der Waals surface area contributed by atoms with E-state index in [9.17, 15) is 13.6 Å². The summed E-state index contributed by atoms with van der Waals surface area (Å²) in [7, 11) is 1.58. The topological polar surface area (TPSA) is 51.2 Å². The highest BCUT2D eigenvalue weighted by Crippen LogP contribution is 2.26. The quantitative estimate of drug-likeness (QED) is 0.821. The lowest BCUT2D eigenvalue weighted by Gasteiger charge is -2.09. The molecule has 1 N–H and O–H groups in total. The van der Waals surface area contributed by atoms with Crippen molar-refractivity contribution in [2.45, 2.75) is 17.4 Å². The second kappa shape index (κ2) is 7.86. The number of benzene rings is 1. The van der Waals surface area contributed by atoms with Gasteiger partial charge in [-0.3, -0.25) is 4.79 Å². The summed E-state index contributed by atoms with van der Waals surface area (Å²) in [5.41, 5.74) is 1.58. The molecule has 1 heterocycles. The first kappa shape index (κ1) is 16.4. The van der Waals surface area contributed by atoms with E-state index in [0.29, 0.717) is 12.3 Å². The van der Waals surface area contributed by atoms with Crippen LogP contribution in [0.5, 0.6) is 0 Å². The summed E-state index contributed by atoms with van der Waals surface area (Å²) in [6, 6.07) is 10.1. The summed E-state index contributed by atoms with van der Waals surface area (Å²) in [6.45, 7) is 0.420. The second-order valence-electron chi connectivity index (χ2n) is 4.32. The summed E-state index contributed by atoms with van der Waals surface area (Å²) < 4.78 is 30.0. The van der Waals surface area contributed by atoms with Crippen LogP contribution in [0.1, 0.15) is 15.9 Å². The fourth-order valence-corrected chi connectivity index (χ4v) is 2.42. The van der Waals surface area contributed by atoms with Crippen LogP contribution in [0.4, 0.5) is 14.5 Å². The lowest BCUT2D eigenvalue weighted by Crippen LogP contribution is -2.14. The maximum atomic E-state index is 12.5. The van der Waals surface area contributed by atoms with Gasteiger partial charge in [0.25, 0.3) is 11.7 Å². The number of alkyl halides is 2. The molecule has 0 aliphatic carbocycles. The SMILES string of the molecule is COCc1cccc(NC(=O)c2cccnc2SC(F)F)c1. The minimum Gasteiger partial charge on any atom is -0.380 e. The minimum atomic E-state index is -2.63. The maximum absolute atomic E-state index is 12.5. The number of aromatic nitrogens is 1. The molecule has 1 aromatic carbocycles. The van der Waals surface area contributed by atoms with E-state index in [1.807, 2.05) is 6.07 Å². The van der Waals surface area contributed by atoms with E-state index in [1.165, 1.54) is 18.3 Å². The Hall–Kier alpha value is -1.99. The number of carbonyl (C=O) groups is 1. The monoisotopic (exact) mass is 324 g/mol. The number of rotatable bonds is 6. The van der Waals surface area contributed by atoms with E-state index in [0.717, 1.165) is 5.56 Å². The molecule has 1 aromatic heterocycles. The molecule has 0 atom stereocenters. The van der Waals surface area contributed by atoms with Crippen molar-refractivity contribution in [3.63, 3.8) is 0 Å². The van der Waals surface area contributed by atoms with E-state index < -0.39 is 11.7 Å². The molecule has 0 bridgehead atoms. The number of carbonyl (C=O) groups excluding carboxylic acids is 1. The Balaban J connectivity index is 2.17. The van der Waals surface area contributed by atoms with Crippen LogP contribution in [-0.2, 0) is 11.3 Å². The zero-order chi connectivity index (χ0) is 15.9. The Morgan fingerprint density at radius 3 is 2.91 bits per heavy atom. The van der Waals surface area contributed by atoms with Crippen LogP contribution in [-0.4, -0.2) is 23.8 Å². The van der Waals surface area contributed by atoms with Crippen molar-refractivity contribution in [2.24, 2.45) is 0 Å². The lowest BCUT2D eigenvalue weighted by molar-refractivity contribution is 0.102. The zero-order valence-corrected chi connectivity index (χ0v) is 12.6. The summed E-state index contributed by atoms with van der Waals surface area (Å²) in [4.78, 5) is 16.1. The molecule has 0 saturated heterocycles. The number of hydrogen-bond acceptors (Lipinski definition) is 4. The number of nitrogens with one attached hydrogen (secondary N) is 1. The minimum absolute atomic E-state index is 0.00282. The molecule has 0 aliphatic heterocycles. The highest BCUT2D eigenvalue weighted by atomic mass is 32.2. The smallest absolute Gasteiger partial charge is 0.290 e. The van der Waals surface area contributed by atoms with E-state index in [-0.39, 0.29) is 22.4 Å². The highest BCUT2D eigenvalue weighted by molar-refractivity contribution is 7.99. The van der Waals surface area contributed by atoms with E-state index in [1.54, 1.807) is 25.3 Å². The van der Waals surface area contributed by atoms with Crippen LogP contribution in [0.15, 0.2) is 47.6 Å². The number of halogens is 2. The molecule has 2 aromatic rings. The molecule has 2 rings (SSSR count). The molecule has 0 aliphatic rings. The number of methoxy groups -OCH3 is 1. The van der Waals surface area contributed by atoms with E-state index in [4.69, 9.17) is 4.74 Å². The molecule has 7 heteroatoms. The molecule has 0 unspecified atom stereocenters. The third-order valence-electron chi connectivity index (χ3n) is 2.71. The van der Waals surface area contributed by atoms with Crippen LogP contribution in [0.3, 0.4) is 0 Å². The van der Waals surface area contributed by atoms with Crippen LogP contribution in [0.25, 0.3) is 0 Å². The second-order valence-corrected chi connectivity index (χ2v) is 5.30. The first-order valence-electron chi connectivity index (χ1n) is 6.39. The van der Waals surface area contributed by atoms with Crippen LogP contribution in [0, 0.1) is 0 Å². The summed E-state index contributed by atoms with van der Waals surface area (Å²) in [5.74, 6) is -3.11. The molecule has 116 valence electrons. The van der Waals surface area contributed by atoms with Crippen LogP contribution in [0.2, 0.25) is 0 Å². The molecule has 0 fully saturated rings. The van der Waals surface area contributed by atoms with Gasteiger partial charge in [-0.1, -0.05) is 12.1 Å². The molecule has 0 saturated carbocycles. The molecule has 0 spiro atoms. The van der Waals surface area contributed by atoms with Crippen molar-refractivity contribution in [3.8, 4) is 0 Å². The standard InChI is InChI=1S/C15H14F2N2O2S/c1-21-9-10-4-2-5-11(8-10)19-13(20)12-6-3-7-18-14(12)22-15(16)17/h2-8,15H,9H2,1H3,(H,19,20). The average Bonchev–Trinajstić information content (AvgIpc) is 2.48. The normalized spacial score (nSPS) is 10.7. The van der Waals surface area contributed by atoms with Gasteiger partial charge in [-0.05, 0) is 41.6 Å². The third kappa shape index (κ3) is 4.51. The zero-order valence-electron chi connectivity index (χ0n) is 11.8. The number of thioether (sulfide) groups is 1.